The van der Waals surface area contributed by atoms with Crippen molar-refractivity contribution in [3.05, 3.63) is 46.2 Å². The zero-order valence-corrected chi connectivity index (χ0v) is 14.7. The molecule has 122 valence electrons. The molecule has 2 atom stereocenters. The molecule has 5 heteroatoms. The molecule has 0 radical (unpaired) electrons. The topological polar surface area (TPSA) is 46.9 Å². The van der Waals surface area contributed by atoms with Gasteiger partial charge in [0.15, 0.2) is 0 Å². The monoisotopic (exact) mass is 331 g/mol. The van der Waals surface area contributed by atoms with E-state index in [0.29, 0.717) is 0 Å². The van der Waals surface area contributed by atoms with E-state index >= 15 is 0 Å². The Kier molecular flexibility index (Phi) is 4.19. The summed E-state index contributed by atoms with van der Waals surface area (Å²) >= 11 is 6.04. The van der Waals surface area contributed by atoms with E-state index in [-0.39, 0.29) is 23.8 Å². The van der Waals surface area contributed by atoms with Crippen LogP contribution in [0.1, 0.15) is 49.2 Å². The second-order valence-corrected chi connectivity index (χ2v) is 7.01. The number of anilines is 1. The molecule has 0 bridgehead atoms. The summed E-state index contributed by atoms with van der Waals surface area (Å²) in [6.45, 7) is 8.10. The summed E-state index contributed by atoms with van der Waals surface area (Å²) in [5.41, 5.74) is 3.86. The first-order chi connectivity index (χ1) is 10.9. The molecule has 1 aliphatic carbocycles. The zero-order valence-electron chi connectivity index (χ0n) is 13.9. The fourth-order valence-corrected chi connectivity index (χ4v) is 3.35. The Morgan fingerprint density at radius 1 is 1.39 bits per heavy atom. The van der Waals surface area contributed by atoms with E-state index in [9.17, 15) is 4.79 Å². The maximum absolute atomic E-state index is 12.5. The molecule has 1 fully saturated rings. The number of nitrogens with one attached hydrogen (secondary N) is 1. The van der Waals surface area contributed by atoms with Crippen LogP contribution in [0.25, 0.3) is 0 Å². The van der Waals surface area contributed by atoms with Gasteiger partial charge in [-0.05, 0) is 57.7 Å². The molecule has 1 N–H and O–H groups in total. The molecule has 1 heterocycles. The Bertz CT molecular complexity index is 751. The maximum atomic E-state index is 12.5. The molecule has 1 aromatic heterocycles. The van der Waals surface area contributed by atoms with E-state index in [1.165, 1.54) is 0 Å². The lowest BCUT2D eigenvalue weighted by Gasteiger charge is -2.09. The van der Waals surface area contributed by atoms with Gasteiger partial charge in [-0.25, -0.2) is 0 Å². The first-order valence-electron chi connectivity index (χ1n) is 8.00. The lowest BCUT2D eigenvalue weighted by Crippen LogP contribution is -2.16. The summed E-state index contributed by atoms with van der Waals surface area (Å²) in [5.74, 6) is 0.369. The molecule has 1 aliphatic rings. The van der Waals surface area contributed by atoms with Crippen LogP contribution < -0.4 is 5.32 Å². The molecule has 0 saturated heterocycles. The van der Waals surface area contributed by atoms with Crippen LogP contribution >= 0.6 is 11.6 Å². The van der Waals surface area contributed by atoms with Gasteiger partial charge in [-0.1, -0.05) is 23.7 Å². The van der Waals surface area contributed by atoms with Crippen molar-refractivity contribution in [2.75, 3.05) is 5.32 Å². The lowest BCUT2D eigenvalue weighted by atomic mass is 10.1. The minimum absolute atomic E-state index is 0.0228. The quantitative estimate of drug-likeness (QED) is 0.898. The van der Waals surface area contributed by atoms with Gasteiger partial charge in [0.05, 0.1) is 17.1 Å². The van der Waals surface area contributed by atoms with Gasteiger partial charge in [-0.3, -0.25) is 9.48 Å². The third-order valence-corrected chi connectivity index (χ3v) is 4.70. The van der Waals surface area contributed by atoms with Crippen LogP contribution in [0, 0.1) is 19.8 Å². The fourth-order valence-electron chi connectivity index (χ4n) is 3.15. The second-order valence-electron chi connectivity index (χ2n) is 6.58. The largest absolute Gasteiger partial charge is 0.323 e. The van der Waals surface area contributed by atoms with E-state index in [0.717, 1.165) is 34.1 Å². The second kappa shape index (κ2) is 6.00. The number of carbonyl (C=O) groups is 1. The van der Waals surface area contributed by atoms with Crippen LogP contribution in [0.2, 0.25) is 5.02 Å². The summed E-state index contributed by atoms with van der Waals surface area (Å²) in [4.78, 5) is 12.5. The van der Waals surface area contributed by atoms with Gasteiger partial charge in [0.1, 0.15) is 0 Å². The van der Waals surface area contributed by atoms with Gasteiger partial charge in [0.2, 0.25) is 5.91 Å². The van der Waals surface area contributed by atoms with Crippen LogP contribution in [0.5, 0.6) is 0 Å². The summed E-state index contributed by atoms with van der Waals surface area (Å²) in [6, 6.07) is 8.06. The molecule has 23 heavy (non-hydrogen) atoms. The van der Waals surface area contributed by atoms with Crippen molar-refractivity contribution in [3.8, 4) is 0 Å². The van der Waals surface area contributed by atoms with Crippen LogP contribution in [0.4, 0.5) is 5.69 Å². The molecular weight excluding hydrogens is 310 g/mol. The van der Waals surface area contributed by atoms with Gasteiger partial charge in [0.25, 0.3) is 0 Å². The lowest BCUT2D eigenvalue weighted by molar-refractivity contribution is -0.117. The van der Waals surface area contributed by atoms with E-state index in [4.69, 9.17) is 11.6 Å². The van der Waals surface area contributed by atoms with Crippen molar-refractivity contribution in [2.24, 2.45) is 5.92 Å². The minimum atomic E-state index is 0.0228. The average Bonchev–Trinajstić information content (AvgIpc) is 3.24. The van der Waals surface area contributed by atoms with E-state index in [1.807, 2.05) is 42.8 Å². The fraction of sp³-hybridized carbons (Fsp3) is 0.444. The molecule has 1 aromatic carbocycles. The summed E-state index contributed by atoms with van der Waals surface area (Å²) in [7, 11) is 0. The number of benzene rings is 1. The molecule has 3 rings (SSSR count). The Morgan fingerprint density at radius 2 is 2.13 bits per heavy atom. The molecule has 1 saturated carbocycles. The zero-order chi connectivity index (χ0) is 16.7. The molecule has 2 aromatic rings. The van der Waals surface area contributed by atoms with Crippen LogP contribution in [0.15, 0.2) is 24.3 Å². The third kappa shape index (κ3) is 3.13. The highest BCUT2D eigenvalue weighted by atomic mass is 35.5. The van der Waals surface area contributed by atoms with E-state index < -0.39 is 0 Å². The van der Waals surface area contributed by atoms with E-state index in [2.05, 4.69) is 24.3 Å². The normalized spacial score (nSPS) is 19.9. The van der Waals surface area contributed by atoms with Crippen molar-refractivity contribution in [2.45, 2.75) is 46.1 Å². The Balaban J connectivity index is 1.72. The number of amides is 1. The first kappa shape index (κ1) is 16.1. The molecule has 1 amide bonds. The number of nitrogens with zero attached hydrogens (tertiary/aromatic N) is 2. The Labute approximate surface area is 141 Å². The van der Waals surface area contributed by atoms with Gasteiger partial charge >= 0.3 is 0 Å². The highest BCUT2D eigenvalue weighted by molar-refractivity contribution is 6.30. The Hall–Kier alpha value is -1.81. The maximum Gasteiger partial charge on any atom is 0.228 e. The number of hydrogen-bond donors (Lipinski definition) is 1. The van der Waals surface area contributed by atoms with Crippen molar-refractivity contribution in [1.82, 2.24) is 9.78 Å². The van der Waals surface area contributed by atoms with Crippen molar-refractivity contribution in [3.63, 3.8) is 0 Å². The first-order valence-corrected chi connectivity index (χ1v) is 8.38. The van der Waals surface area contributed by atoms with Gasteiger partial charge in [-0.2, -0.15) is 5.10 Å². The predicted molar refractivity (Wildman–Crippen MR) is 93.0 cm³/mol. The number of aromatic nitrogens is 2. The SMILES string of the molecule is Cc1nn(C(C)C)c(C)c1NC(=O)[C@H]1C[C@@H]1c1cccc(Cl)c1. The van der Waals surface area contributed by atoms with Gasteiger partial charge < -0.3 is 5.32 Å². The number of halogens is 1. The average molecular weight is 332 g/mol. The minimum Gasteiger partial charge on any atom is -0.323 e. The Morgan fingerprint density at radius 3 is 2.74 bits per heavy atom. The number of rotatable bonds is 4. The number of carbonyl (C=O) groups excluding carboxylic acids is 1. The van der Waals surface area contributed by atoms with Crippen molar-refractivity contribution in [1.29, 1.82) is 0 Å². The molecule has 0 unspecified atom stereocenters. The summed E-state index contributed by atoms with van der Waals surface area (Å²) in [6.07, 6.45) is 0.878. The van der Waals surface area contributed by atoms with Crippen molar-refractivity contribution < 1.29 is 4.79 Å². The van der Waals surface area contributed by atoms with Crippen molar-refractivity contribution >= 4 is 23.2 Å². The molecule has 0 aliphatic heterocycles. The molecule has 4 nitrogen and oxygen atoms in total. The highest BCUT2D eigenvalue weighted by Gasteiger charge is 2.44. The molecule has 0 spiro atoms. The number of aryl methyl sites for hydroxylation is 1. The van der Waals surface area contributed by atoms with Gasteiger partial charge in [-0.15, -0.1) is 0 Å². The van der Waals surface area contributed by atoms with E-state index in [1.54, 1.807) is 0 Å². The third-order valence-electron chi connectivity index (χ3n) is 4.47. The number of hydrogen-bond acceptors (Lipinski definition) is 2. The van der Waals surface area contributed by atoms with Crippen LogP contribution in [0.3, 0.4) is 0 Å². The standard InChI is InChI=1S/C18H22ClN3O/c1-10(2)22-12(4)17(11(3)21-22)20-18(23)16-9-15(16)13-6-5-7-14(19)8-13/h5-8,10,15-16H,9H2,1-4H3,(H,20,23)/t15-,16+/m1/s1. The predicted octanol–water partition coefficient (Wildman–Crippen LogP) is 4.48. The highest BCUT2D eigenvalue weighted by Crippen LogP contribution is 2.48. The summed E-state index contributed by atoms with van der Waals surface area (Å²) < 4.78 is 1.95. The molecular formula is C18H22ClN3O. The van der Waals surface area contributed by atoms with Crippen LogP contribution in [-0.2, 0) is 4.79 Å². The van der Waals surface area contributed by atoms with Crippen LogP contribution in [-0.4, -0.2) is 15.7 Å². The smallest absolute Gasteiger partial charge is 0.228 e. The summed E-state index contributed by atoms with van der Waals surface area (Å²) in [5, 5.41) is 8.31. The van der Waals surface area contributed by atoms with Gasteiger partial charge in [0, 0.05) is 17.0 Å².